The first-order chi connectivity index (χ1) is 12.7. The van der Waals surface area contributed by atoms with Crippen molar-refractivity contribution in [1.29, 1.82) is 0 Å². The van der Waals surface area contributed by atoms with Gasteiger partial charge in [0.05, 0.1) is 17.9 Å². The molecule has 2 aromatic carbocycles. The first-order valence-corrected chi connectivity index (χ1v) is 8.23. The van der Waals surface area contributed by atoms with Crippen molar-refractivity contribution in [2.45, 2.75) is 6.54 Å². The van der Waals surface area contributed by atoms with Gasteiger partial charge in [0, 0.05) is 17.3 Å². The SMILES string of the molecule is Oc1ccc(-c2cc(-c3ccccn3)nn2Cc2ccccc2F)cc1. The smallest absolute Gasteiger partial charge is 0.128 e. The number of nitrogens with zero attached hydrogens (tertiary/aromatic N) is 3. The molecule has 0 aliphatic carbocycles. The molecule has 4 nitrogen and oxygen atoms in total. The van der Waals surface area contributed by atoms with Gasteiger partial charge in [0.15, 0.2) is 0 Å². The Balaban J connectivity index is 1.81. The summed E-state index contributed by atoms with van der Waals surface area (Å²) >= 11 is 0. The largest absolute Gasteiger partial charge is 0.508 e. The molecule has 1 N–H and O–H groups in total. The summed E-state index contributed by atoms with van der Waals surface area (Å²) in [4.78, 5) is 4.35. The highest BCUT2D eigenvalue weighted by atomic mass is 19.1. The highest BCUT2D eigenvalue weighted by Gasteiger charge is 2.14. The zero-order chi connectivity index (χ0) is 17.9. The molecule has 0 saturated carbocycles. The summed E-state index contributed by atoms with van der Waals surface area (Å²) in [6.07, 6.45) is 1.71. The number of hydrogen-bond donors (Lipinski definition) is 1. The standard InChI is InChI=1S/C21H16FN3O/c22-18-6-2-1-5-16(18)14-25-21(15-8-10-17(26)11-9-15)13-20(24-25)19-7-3-4-12-23-19/h1-13,26H,14H2. The molecule has 4 rings (SSSR count). The van der Waals surface area contributed by atoms with Crippen molar-refractivity contribution in [1.82, 2.24) is 14.8 Å². The minimum absolute atomic E-state index is 0.193. The van der Waals surface area contributed by atoms with Crippen molar-refractivity contribution in [3.8, 4) is 28.4 Å². The van der Waals surface area contributed by atoms with Gasteiger partial charge in [-0.05, 0) is 48.5 Å². The summed E-state index contributed by atoms with van der Waals surface area (Å²) in [5.74, 6) is -0.0714. The molecule has 0 aliphatic rings. The van der Waals surface area contributed by atoms with Crippen LogP contribution in [-0.4, -0.2) is 19.9 Å². The van der Waals surface area contributed by atoms with E-state index in [1.54, 1.807) is 35.1 Å². The quantitative estimate of drug-likeness (QED) is 0.592. The molecule has 0 aliphatic heterocycles. The van der Waals surface area contributed by atoms with Crippen molar-refractivity contribution < 1.29 is 9.50 Å². The highest BCUT2D eigenvalue weighted by molar-refractivity contribution is 5.67. The number of hydrogen-bond acceptors (Lipinski definition) is 3. The first kappa shape index (κ1) is 16.0. The fourth-order valence-electron chi connectivity index (χ4n) is 2.83. The molecule has 128 valence electrons. The lowest BCUT2D eigenvalue weighted by atomic mass is 10.1. The van der Waals surface area contributed by atoms with Gasteiger partial charge >= 0.3 is 0 Å². The average molecular weight is 345 g/mol. The number of benzene rings is 2. The molecular weight excluding hydrogens is 329 g/mol. The lowest BCUT2D eigenvalue weighted by Crippen LogP contribution is -2.05. The van der Waals surface area contributed by atoms with Crippen LogP contribution in [0.25, 0.3) is 22.6 Å². The van der Waals surface area contributed by atoms with E-state index in [1.165, 1.54) is 6.07 Å². The van der Waals surface area contributed by atoms with Crippen molar-refractivity contribution in [2.24, 2.45) is 0 Å². The summed E-state index contributed by atoms with van der Waals surface area (Å²) in [5.41, 5.74) is 3.73. The number of halogens is 1. The third kappa shape index (κ3) is 3.19. The molecule has 0 spiro atoms. The van der Waals surface area contributed by atoms with Crippen LogP contribution in [0.3, 0.4) is 0 Å². The Kier molecular flexibility index (Phi) is 4.19. The molecule has 5 heteroatoms. The number of rotatable bonds is 4. The van der Waals surface area contributed by atoms with Gasteiger partial charge in [0.2, 0.25) is 0 Å². The summed E-state index contributed by atoms with van der Waals surface area (Å²) in [7, 11) is 0. The van der Waals surface area contributed by atoms with E-state index < -0.39 is 0 Å². The average Bonchev–Trinajstić information content (AvgIpc) is 3.09. The lowest BCUT2D eigenvalue weighted by molar-refractivity contribution is 0.475. The topological polar surface area (TPSA) is 50.9 Å². The Bertz CT molecular complexity index is 1030. The maximum absolute atomic E-state index is 14.1. The minimum atomic E-state index is -0.265. The van der Waals surface area contributed by atoms with Crippen molar-refractivity contribution >= 4 is 0 Å². The summed E-state index contributed by atoms with van der Waals surface area (Å²) in [6.45, 7) is 0.301. The molecule has 26 heavy (non-hydrogen) atoms. The van der Waals surface area contributed by atoms with Crippen LogP contribution in [0.4, 0.5) is 4.39 Å². The van der Waals surface area contributed by atoms with Gasteiger partial charge in [-0.1, -0.05) is 24.3 Å². The van der Waals surface area contributed by atoms with Gasteiger partial charge in [0.1, 0.15) is 17.3 Å². The Morgan fingerprint density at radius 1 is 0.885 bits per heavy atom. The number of aromatic nitrogens is 3. The second-order valence-corrected chi connectivity index (χ2v) is 5.93. The normalized spacial score (nSPS) is 10.8. The van der Waals surface area contributed by atoms with E-state index in [4.69, 9.17) is 0 Å². The Morgan fingerprint density at radius 3 is 2.38 bits per heavy atom. The van der Waals surface area contributed by atoms with Crippen LogP contribution in [0.15, 0.2) is 79.0 Å². The van der Waals surface area contributed by atoms with Crippen LogP contribution in [0, 0.1) is 5.82 Å². The number of phenols is 1. The van der Waals surface area contributed by atoms with Gasteiger partial charge in [0.25, 0.3) is 0 Å². The Hall–Kier alpha value is -3.47. The third-order valence-corrected chi connectivity index (χ3v) is 4.15. The van der Waals surface area contributed by atoms with Crippen molar-refractivity contribution in [2.75, 3.05) is 0 Å². The molecule has 0 radical (unpaired) electrons. The summed E-state index contributed by atoms with van der Waals surface area (Å²) in [6, 6.07) is 21.1. The first-order valence-electron chi connectivity index (χ1n) is 8.23. The van der Waals surface area contributed by atoms with Crippen molar-refractivity contribution in [3.05, 3.63) is 90.4 Å². The fourth-order valence-corrected chi connectivity index (χ4v) is 2.83. The van der Waals surface area contributed by atoms with E-state index in [0.29, 0.717) is 17.8 Å². The maximum atomic E-state index is 14.1. The van der Waals surface area contributed by atoms with Crippen LogP contribution in [0.1, 0.15) is 5.56 Å². The van der Waals surface area contributed by atoms with Gasteiger partial charge in [-0.25, -0.2) is 4.39 Å². The molecule has 4 aromatic rings. The number of pyridine rings is 1. The monoisotopic (exact) mass is 345 g/mol. The minimum Gasteiger partial charge on any atom is -0.508 e. The van der Waals surface area contributed by atoms with Gasteiger partial charge < -0.3 is 5.11 Å². The number of phenolic OH excluding ortho intramolecular Hbond substituents is 1. The van der Waals surface area contributed by atoms with Gasteiger partial charge in [-0.2, -0.15) is 5.10 Å². The van der Waals surface area contributed by atoms with Gasteiger partial charge in [-0.15, -0.1) is 0 Å². The molecule has 0 saturated heterocycles. The fraction of sp³-hybridized carbons (Fsp3) is 0.0476. The lowest BCUT2D eigenvalue weighted by Gasteiger charge is -2.08. The zero-order valence-corrected chi connectivity index (χ0v) is 13.9. The molecule has 0 fully saturated rings. The van der Waals surface area contributed by atoms with Crippen LogP contribution >= 0.6 is 0 Å². The van der Waals surface area contributed by atoms with Crippen LogP contribution in [-0.2, 0) is 6.54 Å². The molecule has 2 heterocycles. The Morgan fingerprint density at radius 2 is 1.65 bits per heavy atom. The zero-order valence-electron chi connectivity index (χ0n) is 13.9. The summed E-state index contributed by atoms with van der Waals surface area (Å²) < 4.78 is 15.9. The molecular formula is C21H16FN3O. The van der Waals surface area contributed by atoms with E-state index in [1.807, 2.05) is 42.5 Å². The molecule has 0 atom stereocenters. The molecule has 0 amide bonds. The molecule has 0 unspecified atom stereocenters. The predicted molar refractivity (Wildman–Crippen MR) is 98.1 cm³/mol. The molecule has 2 aromatic heterocycles. The maximum Gasteiger partial charge on any atom is 0.128 e. The second kappa shape index (κ2) is 6.80. The van der Waals surface area contributed by atoms with Gasteiger partial charge in [-0.3, -0.25) is 9.67 Å². The highest BCUT2D eigenvalue weighted by Crippen LogP contribution is 2.27. The van der Waals surface area contributed by atoms with Crippen molar-refractivity contribution in [3.63, 3.8) is 0 Å². The van der Waals surface area contributed by atoms with E-state index in [0.717, 1.165) is 17.0 Å². The van der Waals surface area contributed by atoms with E-state index in [2.05, 4.69) is 10.1 Å². The van der Waals surface area contributed by atoms with Crippen LogP contribution in [0.5, 0.6) is 5.75 Å². The predicted octanol–water partition coefficient (Wildman–Crippen LogP) is 4.51. The van der Waals surface area contributed by atoms with Crippen LogP contribution in [0.2, 0.25) is 0 Å². The van der Waals surface area contributed by atoms with E-state index in [-0.39, 0.29) is 11.6 Å². The Labute approximate surface area is 150 Å². The summed E-state index contributed by atoms with van der Waals surface area (Å²) in [5, 5.41) is 14.2. The second-order valence-electron chi connectivity index (χ2n) is 5.93. The van der Waals surface area contributed by atoms with Crippen LogP contribution < -0.4 is 0 Å². The third-order valence-electron chi connectivity index (χ3n) is 4.15. The van der Waals surface area contributed by atoms with E-state index >= 15 is 0 Å². The molecule has 0 bridgehead atoms. The van der Waals surface area contributed by atoms with E-state index in [9.17, 15) is 9.50 Å². The number of aromatic hydroxyl groups is 1.